The molecule has 1 aromatic heterocycles. The van der Waals surface area contributed by atoms with Gasteiger partial charge in [0, 0.05) is 5.02 Å². The zero-order valence-corrected chi connectivity index (χ0v) is 14.9. The van der Waals surface area contributed by atoms with Crippen molar-refractivity contribution in [2.24, 2.45) is 5.16 Å². The van der Waals surface area contributed by atoms with E-state index in [2.05, 4.69) is 31.4 Å². The van der Waals surface area contributed by atoms with Crippen molar-refractivity contribution in [2.45, 2.75) is 19.1 Å². The number of oxime groups is 1. The monoisotopic (exact) mass is 395 g/mol. The van der Waals surface area contributed by atoms with E-state index in [4.69, 9.17) is 21.2 Å². The molecule has 2 heterocycles. The SMILES string of the molecule is COc1nc(C2=NOC(C)C(c3cccc(Cl)c3)N2)ccc1Br. The first-order valence-electron chi connectivity index (χ1n) is 7.05. The first-order chi connectivity index (χ1) is 11.1. The number of hydrogen-bond donors (Lipinski definition) is 1. The van der Waals surface area contributed by atoms with Crippen molar-refractivity contribution in [3.63, 3.8) is 0 Å². The van der Waals surface area contributed by atoms with Gasteiger partial charge in [-0.3, -0.25) is 0 Å². The summed E-state index contributed by atoms with van der Waals surface area (Å²) in [7, 11) is 1.57. The van der Waals surface area contributed by atoms with Crippen LogP contribution in [0, 0.1) is 0 Å². The van der Waals surface area contributed by atoms with Gasteiger partial charge in [-0.25, -0.2) is 4.98 Å². The highest BCUT2D eigenvalue weighted by Crippen LogP contribution is 2.27. The standard InChI is InChI=1S/C16H15BrClN3O2/c1-9-14(10-4-3-5-11(18)8-10)20-15(21-23-9)13-7-6-12(17)16(19-13)22-2/h3-9,14H,1-2H3,(H,20,21). The van der Waals surface area contributed by atoms with Crippen molar-refractivity contribution >= 4 is 33.4 Å². The fourth-order valence-corrected chi connectivity index (χ4v) is 2.94. The van der Waals surface area contributed by atoms with Gasteiger partial charge in [0.2, 0.25) is 5.88 Å². The third kappa shape index (κ3) is 3.43. The van der Waals surface area contributed by atoms with Gasteiger partial charge >= 0.3 is 0 Å². The number of rotatable bonds is 3. The molecule has 1 aliphatic heterocycles. The fourth-order valence-electron chi connectivity index (χ4n) is 2.36. The largest absolute Gasteiger partial charge is 0.480 e. The number of pyridine rings is 1. The summed E-state index contributed by atoms with van der Waals surface area (Å²) < 4.78 is 6.00. The molecule has 0 spiro atoms. The van der Waals surface area contributed by atoms with Crippen molar-refractivity contribution < 1.29 is 9.57 Å². The maximum atomic E-state index is 6.09. The normalized spacial score (nSPS) is 20.3. The summed E-state index contributed by atoms with van der Waals surface area (Å²) in [4.78, 5) is 9.96. The van der Waals surface area contributed by atoms with Gasteiger partial charge in [-0.05, 0) is 52.7 Å². The molecule has 120 valence electrons. The zero-order chi connectivity index (χ0) is 16.4. The molecular formula is C16H15BrClN3O2. The molecule has 1 N–H and O–H groups in total. The molecule has 2 aromatic rings. The highest BCUT2D eigenvalue weighted by atomic mass is 79.9. The Morgan fingerprint density at radius 1 is 1.30 bits per heavy atom. The van der Waals surface area contributed by atoms with Gasteiger partial charge in [-0.1, -0.05) is 28.9 Å². The lowest BCUT2D eigenvalue weighted by molar-refractivity contribution is 0.0342. The smallest absolute Gasteiger partial charge is 0.228 e. The second-order valence-electron chi connectivity index (χ2n) is 5.12. The Morgan fingerprint density at radius 2 is 2.13 bits per heavy atom. The van der Waals surface area contributed by atoms with E-state index in [1.165, 1.54) is 0 Å². The third-order valence-electron chi connectivity index (χ3n) is 3.53. The summed E-state index contributed by atoms with van der Waals surface area (Å²) in [5, 5.41) is 8.17. The average molecular weight is 397 g/mol. The van der Waals surface area contributed by atoms with Crippen LogP contribution in [-0.4, -0.2) is 24.0 Å². The predicted molar refractivity (Wildman–Crippen MR) is 92.9 cm³/mol. The number of nitrogens with one attached hydrogen (secondary N) is 1. The molecule has 0 amide bonds. The Bertz CT molecular complexity index is 754. The minimum atomic E-state index is -0.130. The van der Waals surface area contributed by atoms with Crippen LogP contribution in [0.3, 0.4) is 0 Å². The Kier molecular flexibility index (Phi) is 4.73. The van der Waals surface area contributed by atoms with E-state index in [1.54, 1.807) is 7.11 Å². The maximum Gasteiger partial charge on any atom is 0.228 e. The summed E-state index contributed by atoms with van der Waals surface area (Å²) in [6.45, 7) is 1.95. The van der Waals surface area contributed by atoms with Gasteiger partial charge in [0.25, 0.3) is 0 Å². The minimum Gasteiger partial charge on any atom is -0.480 e. The lowest BCUT2D eigenvalue weighted by Crippen LogP contribution is -2.40. The molecule has 0 fully saturated rings. The van der Waals surface area contributed by atoms with E-state index in [0.717, 1.165) is 10.0 Å². The molecule has 23 heavy (non-hydrogen) atoms. The third-order valence-corrected chi connectivity index (χ3v) is 4.37. The number of aromatic nitrogens is 1. The van der Waals surface area contributed by atoms with Crippen LogP contribution >= 0.6 is 27.5 Å². The van der Waals surface area contributed by atoms with E-state index in [1.807, 2.05) is 43.3 Å². The number of methoxy groups -OCH3 is 1. The molecule has 3 rings (SSSR count). The molecule has 0 saturated carbocycles. The van der Waals surface area contributed by atoms with Gasteiger partial charge in [0.1, 0.15) is 11.8 Å². The molecule has 5 nitrogen and oxygen atoms in total. The van der Waals surface area contributed by atoms with Gasteiger partial charge < -0.3 is 14.9 Å². The predicted octanol–water partition coefficient (Wildman–Crippen LogP) is 3.92. The summed E-state index contributed by atoms with van der Waals surface area (Å²) in [5.74, 6) is 1.05. The summed E-state index contributed by atoms with van der Waals surface area (Å²) in [6.07, 6.45) is -0.130. The van der Waals surface area contributed by atoms with Crippen molar-refractivity contribution in [3.05, 3.63) is 57.2 Å². The van der Waals surface area contributed by atoms with Crippen LogP contribution in [0.25, 0.3) is 0 Å². The zero-order valence-electron chi connectivity index (χ0n) is 12.6. The van der Waals surface area contributed by atoms with Gasteiger partial charge in [-0.2, -0.15) is 0 Å². The van der Waals surface area contributed by atoms with Gasteiger partial charge in [0.15, 0.2) is 5.84 Å². The Labute approximate surface area is 147 Å². The highest BCUT2D eigenvalue weighted by Gasteiger charge is 2.28. The topological polar surface area (TPSA) is 55.7 Å². The molecule has 0 aliphatic carbocycles. The number of halogens is 2. The molecule has 2 unspecified atom stereocenters. The van der Waals surface area contributed by atoms with Crippen molar-refractivity contribution in [1.82, 2.24) is 10.3 Å². The molecule has 0 saturated heterocycles. The van der Waals surface area contributed by atoms with Crippen LogP contribution < -0.4 is 10.1 Å². The van der Waals surface area contributed by atoms with E-state index >= 15 is 0 Å². The number of amidine groups is 1. The molecule has 7 heteroatoms. The molecule has 0 bridgehead atoms. The molecule has 1 aromatic carbocycles. The Balaban J connectivity index is 1.90. The molecule has 2 atom stereocenters. The lowest BCUT2D eigenvalue weighted by atomic mass is 10.0. The van der Waals surface area contributed by atoms with Crippen LogP contribution in [-0.2, 0) is 4.84 Å². The lowest BCUT2D eigenvalue weighted by Gasteiger charge is -2.29. The average Bonchev–Trinajstić information content (AvgIpc) is 2.56. The Hall–Kier alpha value is -1.79. The van der Waals surface area contributed by atoms with Crippen LogP contribution in [0.4, 0.5) is 0 Å². The van der Waals surface area contributed by atoms with Crippen LogP contribution in [0.5, 0.6) is 5.88 Å². The minimum absolute atomic E-state index is 0.0716. The number of hydrogen-bond acceptors (Lipinski definition) is 5. The second kappa shape index (κ2) is 6.76. The highest BCUT2D eigenvalue weighted by molar-refractivity contribution is 9.10. The molecular weight excluding hydrogens is 382 g/mol. The van der Waals surface area contributed by atoms with Crippen LogP contribution in [0.1, 0.15) is 24.2 Å². The van der Waals surface area contributed by atoms with E-state index in [9.17, 15) is 0 Å². The van der Waals surface area contributed by atoms with E-state index in [0.29, 0.717) is 22.4 Å². The van der Waals surface area contributed by atoms with Crippen LogP contribution in [0.15, 0.2) is 46.0 Å². The summed E-state index contributed by atoms with van der Waals surface area (Å²) >= 11 is 9.48. The van der Waals surface area contributed by atoms with Crippen molar-refractivity contribution in [1.29, 1.82) is 0 Å². The molecule has 1 aliphatic rings. The van der Waals surface area contributed by atoms with Crippen molar-refractivity contribution in [2.75, 3.05) is 7.11 Å². The first-order valence-corrected chi connectivity index (χ1v) is 8.22. The quantitative estimate of drug-likeness (QED) is 0.854. The first kappa shape index (κ1) is 16.1. The maximum absolute atomic E-state index is 6.09. The molecule has 0 radical (unpaired) electrons. The summed E-state index contributed by atoms with van der Waals surface area (Å²) in [5.41, 5.74) is 1.67. The van der Waals surface area contributed by atoms with Crippen molar-refractivity contribution in [3.8, 4) is 5.88 Å². The number of nitrogens with zero attached hydrogens (tertiary/aromatic N) is 2. The Morgan fingerprint density at radius 3 is 2.87 bits per heavy atom. The van der Waals surface area contributed by atoms with E-state index in [-0.39, 0.29) is 12.1 Å². The van der Waals surface area contributed by atoms with E-state index < -0.39 is 0 Å². The summed E-state index contributed by atoms with van der Waals surface area (Å²) in [6, 6.07) is 11.3. The number of ether oxygens (including phenoxy) is 1. The van der Waals surface area contributed by atoms with Crippen LogP contribution in [0.2, 0.25) is 5.02 Å². The fraction of sp³-hybridized carbons (Fsp3) is 0.250. The second-order valence-corrected chi connectivity index (χ2v) is 6.41. The number of benzene rings is 1. The van der Waals surface area contributed by atoms with Gasteiger partial charge in [-0.15, -0.1) is 0 Å². The van der Waals surface area contributed by atoms with Gasteiger partial charge in [0.05, 0.1) is 17.6 Å².